The lowest BCUT2D eigenvalue weighted by Gasteiger charge is -2.35. The molecule has 2 saturated carbocycles. The van der Waals surface area contributed by atoms with Crippen LogP contribution in [-0.4, -0.2) is 17.9 Å². The highest BCUT2D eigenvalue weighted by molar-refractivity contribution is 6.00. The summed E-state index contributed by atoms with van der Waals surface area (Å²) in [6, 6.07) is 8.05. The van der Waals surface area contributed by atoms with Crippen molar-refractivity contribution in [3.63, 3.8) is 0 Å². The van der Waals surface area contributed by atoms with E-state index in [2.05, 4.69) is 6.07 Å². The van der Waals surface area contributed by atoms with E-state index in [4.69, 9.17) is 0 Å². The summed E-state index contributed by atoms with van der Waals surface area (Å²) in [6.45, 7) is 2.04. The molecule has 22 heavy (non-hydrogen) atoms. The normalized spacial score (nSPS) is 35.7. The molecule has 0 saturated heterocycles. The molecule has 1 aliphatic heterocycles. The summed E-state index contributed by atoms with van der Waals surface area (Å²) >= 11 is 0. The molecule has 3 aliphatic rings. The predicted molar refractivity (Wildman–Crippen MR) is 79.9 cm³/mol. The smallest absolute Gasteiger partial charge is 0.231 e. The lowest BCUT2D eigenvalue weighted by molar-refractivity contribution is -0.314. The van der Waals surface area contributed by atoms with E-state index in [-0.39, 0.29) is 23.8 Å². The van der Waals surface area contributed by atoms with Crippen LogP contribution >= 0.6 is 0 Å². The summed E-state index contributed by atoms with van der Waals surface area (Å²) in [6.07, 6.45) is 3.63. The monoisotopic (exact) mass is 298 g/mol. The van der Waals surface area contributed by atoms with Crippen LogP contribution in [0.1, 0.15) is 31.7 Å². The summed E-state index contributed by atoms with van der Waals surface area (Å²) in [5, 5.41) is 11.6. The molecule has 5 atom stereocenters. The number of hydrogen-bond acceptors (Lipinski definition) is 3. The highest BCUT2D eigenvalue weighted by Gasteiger charge is 2.53. The van der Waals surface area contributed by atoms with Gasteiger partial charge in [0.1, 0.15) is 0 Å². The number of benzene rings is 1. The van der Waals surface area contributed by atoms with Gasteiger partial charge in [0.25, 0.3) is 0 Å². The van der Waals surface area contributed by atoms with Gasteiger partial charge in [0.2, 0.25) is 5.91 Å². The molecular formula is C18H20NO3-. The highest BCUT2D eigenvalue weighted by atomic mass is 16.4. The first-order chi connectivity index (χ1) is 10.6. The van der Waals surface area contributed by atoms with Crippen molar-refractivity contribution in [1.29, 1.82) is 0 Å². The van der Waals surface area contributed by atoms with E-state index in [9.17, 15) is 14.7 Å². The molecule has 4 nitrogen and oxygen atoms in total. The van der Waals surface area contributed by atoms with Crippen molar-refractivity contribution in [1.82, 2.24) is 0 Å². The summed E-state index contributed by atoms with van der Waals surface area (Å²) in [7, 11) is 0. The summed E-state index contributed by atoms with van der Waals surface area (Å²) in [4.78, 5) is 26.6. The van der Waals surface area contributed by atoms with Crippen molar-refractivity contribution in [2.45, 2.75) is 38.6 Å². The summed E-state index contributed by atoms with van der Waals surface area (Å²) < 4.78 is 0. The van der Waals surface area contributed by atoms with Gasteiger partial charge in [-0.1, -0.05) is 18.2 Å². The van der Waals surface area contributed by atoms with E-state index in [0.29, 0.717) is 0 Å². The minimum Gasteiger partial charge on any atom is -0.550 e. The van der Waals surface area contributed by atoms with Crippen LogP contribution in [-0.2, 0) is 16.0 Å². The lowest BCUT2D eigenvalue weighted by atomic mass is 9.78. The number of carbonyl (C=O) groups is 2. The number of para-hydroxylation sites is 1. The minimum atomic E-state index is -1.04. The van der Waals surface area contributed by atoms with Gasteiger partial charge in [-0.2, -0.15) is 0 Å². The lowest BCUT2D eigenvalue weighted by Crippen LogP contribution is -2.48. The zero-order chi connectivity index (χ0) is 15.4. The third-order valence-electron chi connectivity index (χ3n) is 5.92. The van der Waals surface area contributed by atoms with Crippen LogP contribution < -0.4 is 10.0 Å². The number of anilines is 1. The number of amides is 1. The van der Waals surface area contributed by atoms with Crippen LogP contribution in [0.15, 0.2) is 24.3 Å². The first kappa shape index (κ1) is 13.8. The first-order valence-corrected chi connectivity index (χ1v) is 8.19. The molecule has 2 aliphatic carbocycles. The molecule has 2 bridgehead atoms. The maximum absolute atomic E-state index is 13.2. The van der Waals surface area contributed by atoms with E-state index in [0.717, 1.165) is 31.4 Å². The van der Waals surface area contributed by atoms with Gasteiger partial charge in [-0.25, -0.2) is 0 Å². The zero-order valence-electron chi connectivity index (χ0n) is 12.7. The molecule has 1 heterocycles. The fourth-order valence-electron chi connectivity index (χ4n) is 5.05. The largest absolute Gasteiger partial charge is 0.550 e. The molecule has 1 aromatic carbocycles. The van der Waals surface area contributed by atoms with Crippen molar-refractivity contribution < 1.29 is 14.7 Å². The molecule has 1 amide bonds. The van der Waals surface area contributed by atoms with Gasteiger partial charge in [0.05, 0.1) is 0 Å². The van der Waals surface area contributed by atoms with Gasteiger partial charge in [-0.3, -0.25) is 4.79 Å². The predicted octanol–water partition coefficient (Wildman–Crippen LogP) is 1.38. The molecule has 1 aromatic rings. The topological polar surface area (TPSA) is 60.4 Å². The number of aliphatic carboxylic acids is 1. The number of rotatable bonds is 2. The van der Waals surface area contributed by atoms with Gasteiger partial charge in [-0.05, 0) is 56.1 Å². The van der Waals surface area contributed by atoms with Crippen LogP contribution in [0.3, 0.4) is 0 Å². The molecule has 0 aromatic heterocycles. The fourth-order valence-corrected chi connectivity index (χ4v) is 5.05. The van der Waals surface area contributed by atoms with Crippen LogP contribution in [0.5, 0.6) is 0 Å². The first-order valence-electron chi connectivity index (χ1n) is 8.19. The average molecular weight is 298 g/mol. The molecule has 0 radical (unpaired) electrons. The van der Waals surface area contributed by atoms with E-state index >= 15 is 0 Å². The van der Waals surface area contributed by atoms with Crippen LogP contribution in [0.2, 0.25) is 0 Å². The number of fused-ring (bicyclic) bond motifs is 3. The number of nitrogens with zero attached hydrogens (tertiary/aromatic N) is 1. The maximum Gasteiger partial charge on any atom is 0.231 e. The van der Waals surface area contributed by atoms with Crippen molar-refractivity contribution in [2.24, 2.45) is 23.7 Å². The zero-order valence-corrected chi connectivity index (χ0v) is 12.7. The summed E-state index contributed by atoms with van der Waals surface area (Å²) in [5.41, 5.74) is 2.14. The second-order valence-electron chi connectivity index (χ2n) is 7.09. The Morgan fingerprint density at radius 1 is 1.14 bits per heavy atom. The molecule has 116 valence electrons. The van der Waals surface area contributed by atoms with Crippen molar-refractivity contribution >= 4 is 17.6 Å². The third kappa shape index (κ3) is 1.82. The Labute approximate surface area is 130 Å². The molecule has 0 N–H and O–H groups in total. The minimum absolute atomic E-state index is 0.00106. The average Bonchev–Trinajstić information content (AvgIpc) is 3.17. The Morgan fingerprint density at radius 3 is 2.55 bits per heavy atom. The fraction of sp³-hybridized carbons (Fsp3) is 0.556. The Kier molecular flexibility index (Phi) is 3.03. The van der Waals surface area contributed by atoms with Crippen LogP contribution in [0, 0.1) is 23.7 Å². The molecule has 0 spiro atoms. The van der Waals surface area contributed by atoms with Gasteiger partial charge < -0.3 is 14.8 Å². The molecule has 2 fully saturated rings. The number of carboxylic acid groups (broad SMARTS) is 1. The SMILES string of the molecule is C[C@H]1Cc2ccccc2N1C(=O)[C@@H]1[C@@H]2CC[C@@H](C2)[C@@H]1C(=O)[O-]. The molecule has 0 unspecified atom stereocenters. The Bertz CT molecular complexity index is 641. The van der Waals surface area contributed by atoms with E-state index in [1.54, 1.807) is 0 Å². The second kappa shape index (κ2) is 4.83. The molecular weight excluding hydrogens is 278 g/mol. The van der Waals surface area contributed by atoms with Crippen molar-refractivity contribution in [3.05, 3.63) is 29.8 Å². The van der Waals surface area contributed by atoms with Gasteiger partial charge in [0.15, 0.2) is 0 Å². The highest BCUT2D eigenvalue weighted by Crippen LogP contribution is 2.53. The number of carbonyl (C=O) groups excluding carboxylic acids is 2. The van der Waals surface area contributed by atoms with Gasteiger partial charge in [-0.15, -0.1) is 0 Å². The molecule has 4 rings (SSSR count). The van der Waals surface area contributed by atoms with Crippen molar-refractivity contribution in [2.75, 3.05) is 4.90 Å². The number of hydrogen-bond donors (Lipinski definition) is 0. The van der Waals surface area contributed by atoms with Crippen LogP contribution in [0.25, 0.3) is 0 Å². The van der Waals surface area contributed by atoms with Crippen LogP contribution in [0.4, 0.5) is 5.69 Å². The van der Waals surface area contributed by atoms with E-state index in [1.165, 1.54) is 5.56 Å². The van der Waals surface area contributed by atoms with Gasteiger partial charge in [0, 0.05) is 29.5 Å². The summed E-state index contributed by atoms with van der Waals surface area (Å²) in [5.74, 6) is -1.66. The van der Waals surface area contributed by atoms with Gasteiger partial charge >= 0.3 is 0 Å². The maximum atomic E-state index is 13.2. The third-order valence-corrected chi connectivity index (χ3v) is 5.92. The van der Waals surface area contributed by atoms with E-state index in [1.807, 2.05) is 30.0 Å². The Hall–Kier alpha value is -1.84. The standard InChI is InChI=1S/C18H21NO3/c1-10-8-11-4-2-3-5-14(11)19(10)17(20)15-12-6-7-13(9-12)16(15)18(21)22/h2-5,10,12-13,15-16H,6-9H2,1H3,(H,21,22)/p-1/t10-,12+,13-,15+,16-/m0/s1. The van der Waals surface area contributed by atoms with Crippen molar-refractivity contribution in [3.8, 4) is 0 Å². The number of carboxylic acids is 1. The van der Waals surface area contributed by atoms with E-state index < -0.39 is 17.8 Å². The molecule has 4 heteroatoms. The second-order valence-corrected chi connectivity index (χ2v) is 7.09. The Morgan fingerprint density at radius 2 is 1.82 bits per heavy atom. The Balaban J connectivity index is 1.68. The quantitative estimate of drug-likeness (QED) is 0.828.